The van der Waals surface area contributed by atoms with Gasteiger partial charge < -0.3 is 14.2 Å². The zero-order valence-corrected chi connectivity index (χ0v) is 16.8. The van der Waals surface area contributed by atoms with E-state index in [0.29, 0.717) is 57.1 Å². The summed E-state index contributed by atoms with van der Waals surface area (Å²) in [5.41, 5.74) is 0.862. The first-order chi connectivity index (χ1) is 13.1. The summed E-state index contributed by atoms with van der Waals surface area (Å²) in [4.78, 5) is 30.3. The lowest BCUT2D eigenvalue weighted by Crippen LogP contribution is -2.40. The lowest BCUT2D eigenvalue weighted by atomic mass is 9.97. The molecule has 0 bridgehead atoms. The number of aryl methyl sites for hydroxylation is 1. The molecule has 1 aromatic heterocycles. The third-order valence-electron chi connectivity index (χ3n) is 4.59. The van der Waals surface area contributed by atoms with E-state index in [1.54, 1.807) is 11.8 Å². The molecule has 0 N–H and O–H groups in total. The fraction of sp³-hybridized carbons (Fsp3) is 0.474. The molecule has 3 rings (SSSR count). The molecule has 0 saturated carbocycles. The molecule has 0 aliphatic carbocycles. The number of carbonyl (C=O) groups excluding carboxylic acids is 2. The van der Waals surface area contributed by atoms with Gasteiger partial charge in [0.15, 0.2) is 0 Å². The highest BCUT2D eigenvalue weighted by Crippen LogP contribution is 2.21. The van der Waals surface area contributed by atoms with Crippen molar-refractivity contribution in [3.63, 3.8) is 0 Å². The second kappa shape index (κ2) is 9.12. The number of carbonyl (C=O) groups is 2. The van der Waals surface area contributed by atoms with E-state index in [9.17, 15) is 9.59 Å². The maximum Gasteiger partial charge on any atom is 0.309 e. The lowest BCUT2D eigenvalue weighted by Gasteiger charge is -2.30. The van der Waals surface area contributed by atoms with Crippen LogP contribution in [0.2, 0.25) is 0 Å². The van der Waals surface area contributed by atoms with Crippen LogP contribution in [-0.4, -0.2) is 46.6 Å². The molecular weight excluding hydrogens is 414 g/mol. The third kappa shape index (κ3) is 5.15. The standard InChI is InChI=1S/C19H22BrN3O4/c1-2-26-19(25)14-9-11-23(12-10-14)17(24)8-7-16-21-18(22-27-16)13-3-5-15(20)6-4-13/h3-6,14H,2,7-12H2,1H3. The maximum absolute atomic E-state index is 12.4. The molecule has 1 amide bonds. The van der Waals surface area contributed by atoms with Gasteiger partial charge in [0.05, 0.1) is 12.5 Å². The van der Waals surface area contributed by atoms with Gasteiger partial charge in [0, 0.05) is 36.0 Å². The summed E-state index contributed by atoms with van der Waals surface area (Å²) < 4.78 is 11.3. The van der Waals surface area contributed by atoms with Crippen molar-refractivity contribution in [2.24, 2.45) is 5.92 Å². The summed E-state index contributed by atoms with van der Waals surface area (Å²) in [6, 6.07) is 7.62. The first-order valence-electron chi connectivity index (χ1n) is 9.09. The molecule has 144 valence electrons. The van der Waals surface area contributed by atoms with Gasteiger partial charge in [-0.15, -0.1) is 0 Å². The van der Waals surface area contributed by atoms with Gasteiger partial charge in [-0.3, -0.25) is 9.59 Å². The van der Waals surface area contributed by atoms with Gasteiger partial charge in [-0.25, -0.2) is 0 Å². The Bertz CT molecular complexity index is 783. The van der Waals surface area contributed by atoms with Gasteiger partial charge in [-0.2, -0.15) is 4.98 Å². The molecule has 1 aliphatic rings. The number of halogens is 1. The Morgan fingerprint density at radius 2 is 1.96 bits per heavy atom. The number of rotatable bonds is 6. The van der Waals surface area contributed by atoms with Crippen molar-refractivity contribution in [2.75, 3.05) is 19.7 Å². The normalized spacial score (nSPS) is 15.0. The van der Waals surface area contributed by atoms with Crippen LogP contribution < -0.4 is 0 Å². The molecular formula is C19H22BrN3O4. The molecule has 27 heavy (non-hydrogen) atoms. The molecule has 7 nitrogen and oxygen atoms in total. The van der Waals surface area contributed by atoms with Crippen LogP contribution in [0.25, 0.3) is 11.4 Å². The minimum absolute atomic E-state index is 0.0423. The minimum atomic E-state index is -0.157. The fourth-order valence-electron chi connectivity index (χ4n) is 3.07. The van der Waals surface area contributed by atoms with E-state index in [2.05, 4.69) is 26.1 Å². The Balaban J connectivity index is 1.47. The van der Waals surface area contributed by atoms with Crippen LogP contribution in [0.1, 0.15) is 32.1 Å². The van der Waals surface area contributed by atoms with E-state index in [1.165, 1.54) is 0 Å². The molecule has 0 radical (unpaired) electrons. The Kier molecular flexibility index (Phi) is 6.60. The van der Waals surface area contributed by atoms with Crippen LogP contribution >= 0.6 is 15.9 Å². The quantitative estimate of drug-likeness (QED) is 0.647. The van der Waals surface area contributed by atoms with Crippen molar-refractivity contribution in [2.45, 2.75) is 32.6 Å². The predicted molar refractivity (Wildman–Crippen MR) is 102 cm³/mol. The number of piperidine rings is 1. The Morgan fingerprint density at radius 3 is 2.63 bits per heavy atom. The van der Waals surface area contributed by atoms with Crippen LogP contribution in [0.3, 0.4) is 0 Å². The van der Waals surface area contributed by atoms with E-state index in [1.807, 2.05) is 24.3 Å². The summed E-state index contributed by atoms with van der Waals surface area (Å²) >= 11 is 3.39. The number of amides is 1. The summed E-state index contributed by atoms with van der Waals surface area (Å²) in [7, 11) is 0. The third-order valence-corrected chi connectivity index (χ3v) is 5.12. The summed E-state index contributed by atoms with van der Waals surface area (Å²) in [5.74, 6) is 0.748. The number of aromatic nitrogens is 2. The molecule has 0 atom stereocenters. The van der Waals surface area contributed by atoms with Gasteiger partial charge >= 0.3 is 5.97 Å². The Morgan fingerprint density at radius 1 is 1.26 bits per heavy atom. The number of likely N-dealkylation sites (tertiary alicyclic amines) is 1. The maximum atomic E-state index is 12.4. The number of benzene rings is 1. The van der Waals surface area contributed by atoms with Crippen LogP contribution in [0.5, 0.6) is 0 Å². The van der Waals surface area contributed by atoms with E-state index < -0.39 is 0 Å². The largest absolute Gasteiger partial charge is 0.466 e. The monoisotopic (exact) mass is 435 g/mol. The molecule has 0 unspecified atom stereocenters. The molecule has 1 aromatic carbocycles. The lowest BCUT2D eigenvalue weighted by molar-refractivity contribution is -0.151. The molecule has 1 aliphatic heterocycles. The second-order valence-electron chi connectivity index (χ2n) is 6.43. The highest BCUT2D eigenvalue weighted by atomic mass is 79.9. The van der Waals surface area contributed by atoms with Crippen LogP contribution in [0.4, 0.5) is 0 Å². The smallest absolute Gasteiger partial charge is 0.309 e. The van der Waals surface area contributed by atoms with E-state index in [4.69, 9.17) is 9.26 Å². The van der Waals surface area contributed by atoms with Crippen LogP contribution in [0, 0.1) is 5.92 Å². The van der Waals surface area contributed by atoms with Gasteiger partial charge in [0.25, 0.3) is 0 Å². The average Bonchev–Trinajstić information content (AvgIpc) is 3.16. The zero-order chi connectivity index (χ0) is 19.2. The first kappa shape index (κ1) is 19.5. The summed E-state index contributed by atoms with van der Waals surface area (Å²) in [6.45, 7) is 3.35. The van der Waals surface area contributed by atoms with E-state index in [0.717, 1.165) is 10.0 Å². The zero-order valence-electron chi connectivity index (χ0n) is 15.2. The molecule has 2 heterocycles. The highest BCUT2D eigenvalue weighted by molar-refractivity contribution is 9.10. The molecule has 1 saturated heterocycles. The van der Waals surface area contributed by atoms with Crippen molar-refractivity contribution in [3.05, 3.63) is 34.6 Å². The molecule has 0 spiro atoms. The Hall–Kier alpha value is -2.22. The van der Waals surface area contributed by atoms with E-state index >= 15 is 0 Å². The van der Waals surface area contributed by atoms with E-state index in [-0.39, 0.29) is 17.8 Å². The summed E-state index contributed by atoms with van der Waals surface area (Å²) in [6.07, 6.45) is 2.02. The van der Waals surface area contributed by atoms with Crippen molar-refractivity contribution >= 4 is 27.8 Å². The minimum Gasteiger partial charge on any atom is -0.466 e. The highest BCUT2D eigenvalue weighted by Gasteiger charge is 2.28. The van der Waals surface area contributed by atoms with Gasteiger partial charge in [-0.1, -0.05) is 21.1 Å². The number of esters is 1. The van der Waals surface area contributed by atoms with Gasteiger partial charge in [-0.05, 0) is 44.0 Å². The van der Waals surface area contributed by atoms with Crippen molar-refractivity contribution in [1.82, 2.24) is 15.0 Å². The molecule has 1 fully saturated rings. The summed E-state index contributed by atoms with van der Waals surface area (Å²) in [5, 5.41) is 3.98. The SMILES string of the molecule is CCOC(=O)C1CCN(C(=O)CCc2nc(-c3ccc(Br)cc3)no2)CC1. The second-order valence-corrected chi connectivity index (χ2v) is 7.34. The number of nitrogens with zero attached hydrogens (tertiary/aromatic N) is 3. The van der Waals surface area contributed by atoms with Crippen molar-refractivity contribution < 1.29 is 18.8 Å². The number of hydrogen-bond donors (Lipinski definition) is 0. The predicted octanol–water partition coefficient (Wildman–Crippen LogP) is 3.23. The van der Waals surface area contributed by atoms with Gasteiger partial charge in [0.1, 0.15) is 0 Å². The van der Waals surface area contributed by atoms with Gasteiger partial charge in [0.2, 0.25) is 17.6 Å². The van der Waals surface area contributed by atoms with Crippen molar-refractivity contribution in [3.8, 4) is 11.4 Å². The number of hydrogen-bond acceptors (Lipinski definition) is 6. The first-order valence-corrected chi connectivity index (χ1v) is 9.89. The van der Waals surface area contributed by atoms with Crippen molar-refractivity contribution in [1.29, 1.82) is 0 Å². The number of ether oxygens (including phenoxy) is 1. The molecule has 2 aromatic rings. The topological polar surface area (TPSA) is 85.5 Å². The van der Waals surface area contributed by atoms with Crippen LogP contribution in [-0.2, 0) is 20.7 Å². The molecule has 8 heteroatoms. The Labute approximate surface area is 166 Å². The average molecular weight is 436 g/mol. The fourth-order valence-corrected chi connectivity index (χ4v) is 3.33. The van der Waals surface area contributed by atoms with Crippen LogP contribution in [0.15, 0.2) is 33.3 Å².